The lowest BCUT2D eigenvalue weighted by Gasteiger charge is -2.25. The summed E-state index contributed by atoms with van der Waals surface area (Å²) in [6.07, 6.45) is 8.32. The number of nitrogens with one attached hydrogen (secondary N) is 2. The van der Waals surface area contributed by atoms with Crippen molar-refractivity contribution in [1.82, 2.24) is 15.6 Å². The van der Waals surface area contributed by atoms with E-state index >= 15 is 0 Å². The molecule has 3 rings (SSSR count). The molecule has 1 heterocycles. The summed E-state index contributed by atoms with van der Waals surface area (Å²) in [5.41, 5.74) is 1.14. The minimum Gasteiger partial charge on any atom is -0.336 e. The maximum atomic E-state index is 12.3. The van der Waals surface area contributed by atoms with E-state index in [9.17, 15) is 13.2 Å². The number of anilines is 1. The van der Waals surface area contributed by atoms with Crippen LogP contribution < -0.4 is 14.9 Å². The van der Waals surface area contributed by atoms with Gasteiger partial charge in [-0.05, 0) is 25.0 Å². The number of amides is 2. The van der Waals surface area contributed by atoms with E-state index in [4.69, 9.17) is 0 Å². The van der Waals surface area contributed by atoms with Crippen LogP contribution in [0, 0.1) is 0 Å². The van der Waals surface area contributed by atoms with Crippen LogP contribution in [0.5, 0.6) is 0 Å². The predicted octanol–water partition coefficient (Wildman–Crippen LogP) is 2.63. The van der Waals surface area contributed by atoms with Crippen LogP contribution in [0.1, 0.15) is 32.1 Å². The first kappa shape index (κ1) is 19.4. The van der Waals surface area contributed by atoms with Gasteiger partial charge in [0.1, 0.15) is 0 Å². The third kappa shape index (κ3) is 5.09. The summed E-state index contributed by atoms with van der Waals surface area (Å²) >= 11 is 0. The fourth-order valence-corrected chi connectivity index (χ4v) is 4.44. The van der Waals surface area contributed by atoms with E-state index in [1.807, 2.05) is 18.2 Å². The maximum absolute atomic E-state index is 12.3. The van der Waals surface area contributed by atoms with Crippen LogP contribution in [0.3, 0.4) is 0 Å². The molecule has 1 aliphatic carbocycles. The van der Waals surface area contributed by atoms with E-state index in [0.717, 1.165) is 37.3 Å². The van der Waals surface area contributed by atoms with Crippen molar-refractivity contribution in [2.75, 3.05) is 23.7 Å². The molecule has 1 fully saturated rings. The summed E-state index contributed by atoms with van der Waals surface area (Å²) in [6, 6.07) is 9.11. The lowest BCUT2D eigenvalue weighted by molar-refractivity contribution is 0.233. The normalized spacial score (nSPS) is 15.4. The number of fused-ring (bicyclic) bond motifs is 1. The molecule has 0 bridgehead atoms. The van der Waals surface area contributed by atoms with Gasteiger partial charge in [-0.15, -0.1) is 0 Å². The number of nitrogens with zero attached hydrogens (tertiary/aromatic N) is 2. The highest BCUT2D eigenvalue weighted by Gasteiger charge is 2.21. The van der Waals surface area contributed by atoms with Crippen LogP contribution in [0.15, 0.2) is 36.5 Å². The molecule has 0 spiro atoms. The zero-order valence-corrected chi connectivity index (χ0v) is 16.3. The Morgan fingerprint density at radius 1 is 1.19 bits per heavy atom. The molecule has 0 unspecified atom stereocenters. The van der Waals surface area contributed by atoms with Gasteiger partial charge in [0.25, 0.3) is 0 Å². The Balaban J connectivity index is 1.66. The monoisotopic (exact) mass is 390 g/mol. The molecule has 1 aromatic heterocycles. The summed E-state index contributed by atoms with van der Waals surface area (Å²) in [6.45, 7) is 0.363. The number of benzene rings is 1. The summed E-state index contributed by atoms with van der Waals surface area (Å²) in [7, 11) is -3.51. The minimum atomic E-state index is -3.51. The molecule has 0 aliphatic heterocycles. The average Bonchev–Trinajstić information content (AvgIpc) is 2.65. The number of aromatic nitrogens is 1. The van der Waals surface area contributed by atoms with Gasteiger partial charge in [-0.1, -0.05) is 37.5 Å². The van der Waals surface area contributed by atoms with E-state index in [0.29, 0.717) is 11.2 Å². The molecule has 0 atom stereocenters. The number of carbonyl (C=O) groups excluding carboxylic acids is 1. The first-order valence-corrected chi connectivity index (χ1v) is 11.2. The SMILES string of the molecule is CS(=O)(=O)N(CCNC(=O)NC1CCCCC1)c1cccc2cccnc12. The number of hydrogen-bond donors (Lipinski definition) is 2. The molecule has 1 aromatic carbocycles. The number of hydrogen-bond acceptors (Lipinski definition) is 4. The van der Waals surface area contributed by atoms with E-state index in [1.54, 1.807) is 18.3 Å². The molecule has 2 amide bonds. The molecule has 7 nitrogen and oxygen atoms in total. The third-order valence-electron chi connectivity index (χ3n) is 4.82. The van der Waals surface area contributed by atoms with Gasteiger partial charge >= 0.3 is 6.03 Å². The van der Waals surface area contributed by atoms with Gasteiger partial charge in [-0.3, -0.25) is 9.29 Å². The summed E-state index contributed by atoms with van der Waals surface area (Å²) in [5.74, 6) is 0. The van der Waals surface area contributed by atoms with Crippen LogP contribution in [-0.4, -0.2) is 44.8 Å². The Morgan fingerprint density at radius 2 is 1.93 bits per heavy atom. The van der Waals surface area contributed by atoms with Gasteiger partial charge < -0.3 is 10.6 Å². The number of rotatable bonds is 6. The topological polar surface area (TPSA) is 91.4 Å². The van der Waals surface area contributed by atoms with Crippen LogP contribution >= 0.6 is 0 Å². The highest BCUT2D eigenvalue weighted by Crippen LogP contribution is 2.26. The lowest BCUT2D eigenvalue weighted by atomic mass is 9.96. The first-order valence-electron chi connectivity index (χ1n) is 9.31. The number of sulfonamides is 1. The Morgan fingerprint density at radius 3 is 2.67 bits per heavy atom. The van der Waals surface area contributed by atoms with E-state index < -0.39 is 10.0 Å². The van der Waals surface area contributed by atoms with Crippen molar-refractivity contribution < 1.29 is 13.2 Å². The average molecular weight is 391 g/mol. The zero-order valence-electron chi connectivity index (χ0n) is 15.5. The number of para-hydroxylation sites is 1. The molecule has 2 aromatic rings. The first-order chi connectivity index (χ1) is 12.9. The second-order valence-corrected chi connectivity index (χ2v) is 8.83. The zero-order chi connectivity index (χ0) is 19.3. The highest BCUT2D eigenvalue weighted by atomic mass is 32.2. The Labute approximate surface area is 160 Å². The molecule has 8 heteroatoms. The lowest BCUT2D eigenvalue weighted by Crippen LogP contribution is -2.45. The molecule has 1 saturated carbocycles. The highest BCUT2D eigenvalue weighted by molar-refractivity contribution is 7.92. The molecule has 27 heavy (non-hydrogen) atoms. The van der Waals surface area contributed by atoms with Gasteiger partial charge in [0, 0.05) is 24.2 Å². The van der Waals surface area contributed by atoms with Crippen molar-refractivity contribution in [2.24, 2.45) is 0 Å². The van der Waals surface area contributed by atoms with Gasteiger partial charge in [-0.2, -0.15) is 0 Å². The third-order valence-corrected chi connectivity index (χ3v) is 6.00. The largest absolute Gasteiger partial charge is 0.336 e. The van der Waals surface area contributed by atoms with Gasteiger partial charge in [0.2, 0.25) is 10.0 Å². The molecule has 0 radical (unpaired) electrons. The predicted molar refractivity (Wildman–Crippen MR) is 107 cm³/mol. The van der Waals surface area contributed by atoms with E-state index in [2.05, 4.69) is 15.6 Å². The molecule has 146 valence electrons. The van der Waals surface area contributed by atoms with Crippen molar-refractivity contribution >= 4 is 32.6 Å². The Bertz CT molecular complexity index is 889. The maximum Gasteiger partial charge on any atom is 0.315 e. The van der Waals surface area contributed by atoms with Crippen molar-refractivity contribution in [3.8, 4) is 0 Å². The van der Waals surface area contributed by atoms with E-state index in [1.165, 1.54) is 10.7 Å². The minimum absolute atomic E-state index is 0.145. The quantitative estimate of drug-likeness (QED) is 0.793. The number of carbonyl (C=O) groups is 1. The van der Waals surface area contributed by atoms with Crippen LogP contribution in [-0.2, 0) is 10.0 Å². The van der Waals surface area contributed by atoms with Gasteiger partial charge in [0.05, 0.1) is 24.0 Å². The number of urea groups is 1. The van der Waals surface area contributed by atoms with Crippen molar-refractivity contribution in [3.63, 3.8) is 0 Å². The van der Waals surface area contributed by atoms with E-state index in [-0.39, 0.29) is 25.2 Å². The Kier molecular flexibility index (Phi) is 6.15. The summed E-state index contributed by atoms with van der Waals surface area (Å²) in [4.78, 5) is 16.4. The molecule has 2 N–H and O–H groups in total. The molecular formula is C19H26N4O3S. The second kappa shape index (κ2) is 8.56. The Hall–Kier alpha value is -2.35. The smallest absolute Gasteiger partial charge is 0.315 e. The standard InChI is InChI=1S/C19H26N4O3S/c1-27(25,26)23(17-11-5-7-15-8-6-12-20-18(15)17)14-13-21-19(24)22-16-9-3-2-4-10-16/h5-8,11-12,16H,2-4,9-10,13-14H2,1H3,(H2,21,22,24). The molecule has 0 saturated heterocycles. The van der Waals surface area contributed by atoms with Crippen LogP contribution in [0.2, 0.25) is 0 Å². The van der Waals surface area contributed by atoms with Crippen molar-refractivity contribution in [3.05, 3.63) is 36.5 Å². The van der Waals surface area contributed by atoms with Crippen molar-refractivity contribution in [1.29, 1.82) is 0 Å². The molecular weight excluding hydrogens is 364 g/mol. The summed E-state index contributed by atoms with van der Waals surface area (Å²) < 4.78 is 26.0. The van der Waals surface area contributed by atoms with Gasteiger partial charge in [0.15, 0.2) is 0 Å². The molecule has 1 aliphatic rings. The second-order valence-electron chi connectivity index (χ2n) is 6.92. The summed E-state index contributed by atoms with van der Waals surface area (Å²) in [5, 5.41) is 6.61. The fraction of sp³-hybridized carbons (Fsp3) is 0.474. The van der Waals surface area contributed by atoms with Crippen LogP contribution in [0.4, 0.5) is 10.5 Å². The fourth-order valence-electron chi connectivity index (χ4n) is 3.51. The van der Waals surface area contributed by atoms with Crippen LogP contribution in [0.25, 0.3) is 10.9 Å². The number of pyridine rings is 1. The van der Waals surface area contributed by atoms with Gasteiger partial charge in [-0.25, -0.2) is 13.2 Å². The van der Waals surface area contributed by atoms with Crippen molar-refractivity contribution in [2.45, 2.75) is 38.1 Å².